The van der Waals surface area contributed by atoms with Gasteiger partial charge in [-0.25, -0.2) is 0 Å². The van der Waals surface area contributed by atoms with E-state index in [0.29, 0.717) is 0 Å². The Kier molecular flexibility index (Phi) is 3.08. The standard InChI is InChI=1S/C13H16O3S/c1-8-6-11(17-3)9(7-10(8)16-2)13(4-5-13)12(14)15/h6-7H,4-5H2,1-3H3,(H,14,15). The van der Waals surface area contributed by atoms with Gasteiger partial charge < -0.3 is 9.84 Å². The second-order valence-electron chi connectivity index (χ2n) is 4.41. The number of rotatable bonds is 4. The molecular weight excluding hydrogens is 236 g/mol. The molecule has 0 aromatic heterocycles. The molecule has 1 fully saturated rings. The van der Waals surface area contributed by atoms with Crippen LogP contribution in [0, 0.1) is 6.92 Å². The number of aliphatic carboxylic acids is 1. The molecule has 0 heterocycles. The lowest BCUT2D eigenvalue weighted by Gasteiger charge is -2.17. The number of benzene rings is 1. The van der Waals surface area contributed by atoms with Crippen LogP contribution in [0.25, 0.3) is 0 Å². The van der Waals surface area contributed by atoms with Crippen molar-refractivity contribution in [1.82, 2.24) is 0 Å². The lowest BCUT2D eigenvalue weighted by Crippen LogP contribution is -2.20. The van der Waals surface area contributed by atoms with Crippen molar-refractivity contribution >= 4 is 17.7 Å². The molecule has 0 spiro atoms. The monoisotopic (exact) mass is 252 g/mol. The van der Waals surface area contributed by atoms with Gasteiger partial charge in [-0.2, -0.15) is 0 Å². The van der Waals surface area contributed by atoms with E-state index in [4.69, 9.17) is 4.74 Å². The number of ether oxygens (including phenoxy) is 1. The number of carboxylic acids is 1. The topological polar surface area (TPSA) is 46.5 Å². The van der Waals surface area contributed by atoms with Gasteiger partial charge in [-0.3, -0.25) is 4.79 Å². The molecule has 2 rings (SSSR count). The maximum absolute atomic E-state index is 11.4. The van der Waals surface area contributed by atoms with E-state index in [1.165, 1.54) is 0 Å². The van der Waals surface area contributed by atoms with Crippen molar-refractivity contribution in [2.24, 2.45) is 0 Å². The number of carbonyl (C=O) groups is 1. The lowest BCUT2D eigenvalue weighted by molar-refractivity contribution is -0.140. The Morgan fingerprint density at radius 3 is 2.53 bits per heavy atom. The number of carboxylic acid groups (broad SMARTS) is 1. The average molecular weight is 252 g/mol. The third kappa shape index (κ3) is 1.90. The summed E-state index contributed by atoms with van der Waals surface area (Å²) in [5.74, 6) is 0.0454. The molecule has 1 aliphatic carbocycles. The zero-order valence-electron chi connectivity index (χ0n) is 10.2. The van der Waals surface area contributed by atoms with Crippen LogP contribution in [0.3, 0.4) is 0 Å². The maximum atomic E-state index is 11.4. The van der Waals surface area contributed by atoms with Crippen LogP contribution in [0.1, 0.15) is 24.0 Å². The van der Waals surface area contributed by atoms with Crippen molar-refractivity contribution in [3.05, 3.63) is 23.3 Å². The van der Waals surface area contributed by atoms with Crippen LogP contribution >= 0.6 is 11.8 Å². The minimum atomic E-state index is -0.723. The fourth-order valence-electron chi connectivity index (χ4n) is 2.15. The summed E-state index contributed by atoms with van der Waals surface area (Å²) >= 11 is 1.59. The van der Waals surface area contributed by atoms with Crippen molar-refractivity contribution in [2.45, 2.75) is 30.1 Å². The molecule has 1 aliphatic rings. The molecular formula is C13H16O3S. The average Bonchev–Trinajstić information content (AvgIpc) is 3.09. The lowest BCUT2D eigenvalue weighted by atomic mass is 9.94. The fraction of sp³-hybridized carbons (Fsp3) is 0.462. The van der Waals surface area contributed by atoms with Gasteiger partial charge in [0, 0.05) is 4.90 Å². The van der Waals surface area contributed by atoms with Crippen molar-refractivity contribution in [3.8, 4) is 5.75 Å². The zero-order valence-corrected chi connectivity index (χ0v) is 11.1. The minimum Gasteiger partial charge on any atom is -0.496 e. The second-order valence-corrected chi connectivity index (χ2v) is 5.26. The van der Waals surface area contributed by atoms with Gasteiger partial charge in [-0.1, -0.05) is 0 Å². The van der Waals surface area contributed by atoms with Crippen LogP contribution in [0.2, 0.25) is 0 Å². The van der Waals surface area contributed by atoms with Crippen molar-refractivity contribution in [1.29, 1.82) is 0 Å². The Hall–Kier alpha value is -1.16. The van der Waals surface area contributed by atoms with Crippen molar-refractivity contribution in [3.63, 3.8) is 0 Å². The highest BCUT2D eigenvalue weighted by Gasteiger charge is 2.53. The molecule has 0 unspecified atom stereocenters. The first kappa shape index (κ1) is 12.3. The van der Waals surface area contributed by atoms with E-state index in [1.54, 1.807) is 18.9 Å². The highest BCUT2D eigenvalue weighted by atomic mass is 32.2. The van der Waals surface area contributed by atoms with Gasteiger partial charge in [0.1, 0.15) is 5.75 Å². The minimum absolute atomic E-state index is 0.667. The Morgan fingerprint density at radius 2 is 2.12 bits per heavy atom. The number of hydrogen-bond donors (Lipinski definition) is 1. The van der Waals surface area contributed by atoms with Gasteiger partial charge in [0.2, 0.25) is 0 Å². The molecule has 0 bridgehead atoms. The predicted octanol–water partition coefficient (Wildman–Crippen LogP) is 2.84. The quantitative estimate of drug-likeness (QED) is 0.837. The van der Waals surface area contributed by atoms with Crippen LogP contribution in [-0.4, -0.2) is 24.4 Å². The summed E-state index contributed by atoms with van der Waals surface area (Å²) in [5.41, 5.74) is 1.28. The maximum Gasteiger partial charge on any atom is 0.314 e. The molecule has 0 amide bonds. The summed E-state index contributed by atoms with van der Waals surface area (Å²) in [7, 11) is 1.62. The van der Waals surface area contributed by atoms with Crippen molar-refractivity contribution in [2.75, 3.05) is 13.4 Å². The van der Waals surface area contributed by atoms with Crippen LogP contribution in [-0.2, 0) is 10.2 Å². The van der Waals surface area contributed by atoms with E-state index in [0.717, 1.165) is 34.6 Å². The highest BCUT2D eigenvalue weighted by molar-refractivity contribution is 7.98. The van der Waals surface area contributed by atoms with Crippen LogP contribution in [0.5, 0.6) is 5.75 Å². The third-order valence-electron chi connectivity index (χ3n) is 3.39. The van der Waals surface area contributed by atoms with Gasteiger partial charge in [-0.15, -0.1) is 11.8 Å². The number of methoxy groups -OCH3 is 1. The Labute approximate surface area is 105 Å². The fourth-order valence-corrected chi connectivity index (χ4v) is 2.92. The normalized spacial score (nSPS) is 16.6. The Bertz CT molecular complexity index is 464. The van der Waals surface area contributed by atoms with E-state index in [2.05, 4.69) is 0 Å². The number of thioether (sulfide) groups is 1. The van der Waals surface area contributed by atoms with Gasteiger partial charge in [-0.05, 0) is 49.3 Å². The molecule has 0 saturated heterocycles. The van der Waals surface area contributed by atoms with Gasteiger partial charge in [0.25, 0.3) is 0 Å². The SMILES string of the molecule is COc1cc(C2(C(=O)O)CC2)c(SC)cc1C. The van der Waals surface area contributed by atoms with Gasteiger partial charge in [0.15, 0.2) is 0 Å². The summed E-state index contributed by atoms with van der Waals surface area (Å²) in [5, 5.41) is 9.36. The van der Waals surface area contributed by atoms with E-state index in [9.17, 15) is 9.90 Å². The summed E-state index contributed by atoms with van der Waals surface area (Å²) in [4.78, 5) is 12.4. The molecule has 0 atom stereocenters. The molecule has 3 nitrogen and oxygen atoms in total. The zero-order chi connectivity index (χ0) is 12.6. The summed E-state index contributed by atoms with van der Waals surface area (Å²) in [6.45, 7) is 1.97. The highest BCUT2D eigenvalue weighted by Crippen LogP contribution is 2.52. The molecule has 0 aliphatic heterocycles. The summed E-state index contributed by atoms with van der Waals surface area (Å²) in [6, 6.07) is 3.91. The number of aryl methyl sites for hydroxylation is 1. The summed E-state index contributed by atoms with van der Waals surface area (Å²) < 4.78 is 5.29. The predicted molar refractivity (Wildman–Crippen MR) is 68.1 cm³/mol. The molecule has 1 N–H and O–H groups in total. The van der Waals surface area contributed by atoms with Crippen LogP contribution < -0.4 is 4.74 Å². The van der Waals surface area contributed by atoms with E-state index in [-0.39, 0.29) is 0 Å². The Balaban J connectivity index is 2.56. The molecule has 17 heavy (non-hydrogen) atoms. The second kappa shape index (κ2) is 4.26. The van der Waals surface area contributed by atoms with Gasteiger partial charge >= 0.3 is 5.97 Å². The first-order valence-electron chi connectivity index (χ1n) is 5.51. The van der Waals surface area contributed by atoms with Crippen LogP contribution in [0.15, 0.2) is 17.0 Å². The smallest absolute Gasteiger partial charge is 0.314 e. The largest absolute Gasteiger partial charge is 0.496 e. The number of hydrogen-bond acceptors (Lipinski definition) is 3. The van der Waals surface area contributed by atoms with Crippen LogP contribution in [0.4, 0.5) is 0 Å². The van der Waals surface area contributed by atoms with Gasteiger partial charge in [0.05, 0.1) is 12.5 Å². The molecule has 4 heteroatoms. The van der Waals surface area contributed by atoms with E-state index < -0.39 is 11.4 Å². The molecule has 1 saturated carbocycles. The van der Waals surface area contributed by atoms with E-state index in [1.807, 2.05) is 25.3 Å². The molecule has 92 valence electrons. The Morgan fingerprint density at radius 1 is 1.47 bits per heavy atom. The van der Waals surface area contributed by atoms with Crippen molar-refractivity contribution < 1.29 is 14.6 Å². The molecule has 1 aromatic rings. The first-order valence-corrected chi connectivity index (χ1v) is 6.74. The first-order chi connectivity index (χ1) is 8.05. The third-order valence-corrected chi connectivity index (χ3v) is 4.17. The summed E-state index contributed by atoms with van der Waals surface area (Å²) in [6.07, 6.45) is 3.42. The molecule has 0 radical (unpaired) electrons. The van der Waals surface area contributed by atoms with E-state index >= 15 is 0 Å². The molecule has 1 aromatic carbocycles.